The van der Waals surface area contributed by atoms with Crippen LogP contribution in [0.3, 0.4) is 0 Å². The average Bonchev–Trinajstić information content (AvgIpc) is 3.38. The molecule has 172 valence electrons. The van der Waals surface area contributed by atoms with Gasteiger partial charge in [-0.25, -0.2) is 0 Å². The monoisotopic (exact) mass is 462 g/mol. The van der Waals surface area contributed by atoms with Crippen LogP contribution in [0.5, 0.6) is 5.75 Å². The second-order valence-electron chi connectivity index (χ2n) is 8.16. The second kappa shape index (κ2) is 10.4. The Morgan fingerprint density at radius 2 is 2.09 bits per heavy atom. The smallest absolute Gasteiger partial charge is 0.387 e. The predicted molar refractivity (Wildman–Crippen MR) is 125 cm³/mol. The fourth-order valence-corrected chi connectivity index (χ4v) is 4.85. The van der Waals surface area contributed by atoms with Crippen molar-refractivity contribution in [1.29, 1.82) is 0 Å². The summed E-state index contributed by atoms with van der Waals surface area (Å²) in [4.78, 5) is 15.3. The summed E-state index contributed by atoms with van der Waals surface area (Å²) in [6, 6.07) is 8.08. The van der Waals surface area contributed by atoms with Gasteiger partial charge in [0.2, 0.25) is 0 Å². The molecule has 1 aliphatic rings. The van der Waals surface area contributed by atoms with Crippen LogP contribution in [0.15, 0.2) is 36.5 Å². The number of nitrogens with one attached hydrogen (secondary N) is 1. The van der Waals surface area contributed by atoms with Crippen molar-refractivity contribution in [3.05, 3.63) is 42.1 Å². The number of halogens is 2. The predicted octanol–water partition coefficient (Wildman–Crippen LogP) is 5.19. The molecule has 4 rings (SSSR count). The van der Waals surface area contributed by atoms with Crippen LogP contribution in [-0.4, -0.2) is 51.8 Å². The summed E-state index contributed by atoms with van der Waals surface area (Å²) in [5.41, 5.74) is 3.38. The molecule has 0 radical (unpaired) electrons. The van der Waals surface area contributed by atoms with E-state index in [-0.39, 0.29) is 11.8 Å². The van der Waals surface area contributed by atoms with E-state index in [0.717, 1.165) is 6.29 Å². The lowest BCUT2D eigenvalue weighted by molar-refractivity contribution is -0.0498. The summed E-state index contributed by atoms with van der Waals surface area (Å²) in [5, 5.41) is 7.87. The van der Waals surface area contributed by atoms with Crippen LogP contribution in [-0.2, 0) is 0 Å². The fourth-order valence-electron chi connectivity index (χ4n) is 3.37. The van der Waals surface area contributed by atoms with Gasteiger partial charge in [-0.2, -0.15) is 25.6 Å². The van der Waals surface area contributed by atoms with Crippen molar-refractivity contribution in [2.24, 2.45) is 0 Å². The Kier molecular flexibility index (Phi) is 7.84. The van der Waals surface area contributed by atoms with E-state index in [2.05, 4.69) is 27.1 Å². The molecule has 1 aromatic carbocycles. The maximum absolute atomic E-state index is 12.4. The van der Waals surface area contributed by atoms with E-state index >= 15 is 0 Å². The van der Waals surface area contributed by atoms with Crippen LogP contribution in [0, 0.1) is 0 Å². The number of aldehydes is 1. The Bertz CT molecular complexity index is 1070. The number of ether oxygens (including phenoxy) is 1. The van der Waals surface area contributed by atoms with Gasteiger partial charge in [0.25, 0.3) is 0 Å². The van der Waals surface area contributed by atoms with Gasteiger partial charge < -0.3 is 10.1 Å². The Morgan fingerprint density at radius 1 is 1.31 bits per heavy atom. The van der Waals surface area contributed by atoms with Crippen LogP contribution >= 0.6 is 11.8 Å². The highest BCUT2D eigenvalue weighted by Crippen LogP contribution is 2.31. The van der Waals surface area contributed by atoms with Gasteiger partial charge in [0, 0.05) is 34.7 Å². The molecular weight excluding hydrogens is 434 g/mol. The first-order valence-corrected chi connectivity index (χ1v) is 11.6. The van der Waals surface area contributed by atoms with Gasteiger partial charge in [-0.15, -0.1) is 0 Å². The van der Waals surface area contributed by atoms with Crippen molar-refractivity contribution in [2.75, 3.05) is 18.6 Å². The molecule has 0 aliphatic carbocycles. The van der Waals surface area contributed by atoms with Crippen LogP contribution in [0.2, 0.25) is 0 Å². The summed E-state index contributed by atoms with van der Waals surface area (Å²) in [5.74, 6) is 2.67. The van der Waals surface area contributed by atoms with Crippen molar-refractivity contribution in [3.8, 4) is 17.0 Å². The van der Waals surface area contributed by atoms with Crippen LogP contribution < -0.4 is 10.1 Å². The third-order valence-corrected chi connectivity index (χ3v) is 6.68. The molecule has 32 heavy (non-hydrogen) atoms. The molecule has 1 atom stereocenters. The molecule has 0 amide bonds. The maximum Gasteiger partial charge on any atom is 0.387 e. The normalized spacial score (nSPS) is 18.1. The number of fused-ring (bicyclic) bond motifs is 1. The van der Waals surface area contributed by atoms with Crippen molar-refractivity contribution in [1.82, 2.24) is 20.1 Å². The zero-order valence-corrected chi connectivity index (χ0v) is 19.5. The molecule has 0 spiro atoms. The van der Waals surface area contributed by atoms with Crippen LogP contribution in [0.4, 0.5) is 8.78 Å². The molecule has 3 aromatic rings. The van der Waals surface area contributed by atoms with E-state index in [0.29, 0.717) is 33.4 Å². The molecule has 6 nitrogen and oxygen atoms in total. The number of rotatable bonds is 6. The fraction of sp³-hybridized carbons (Fsp3) is 0.435. The van der Waals surface area contributed by atoms with Crippen molar-refractivity contribution in [3.63, 3.8) is 0 Å². The number of pyridine rings is 1. The summed E-state index contributed by atoms with van der Waals surface area (Å²) in [6.07, 6.45) is 3.51. The quantitative estimate of drug-likeness (QED) is 0.508. The lowest BCUT2D eigenvalue weighted by Gasteiger charge is -2.20. The van der Waals surface area contributed by atoms with Crippen molar-refractivity contribution in [2.45, 2.75) is 45.4 Å². The maximum atomic E-state index is 12.4. The lowest BCUT2D eigenvalue weighted by Crippen LogP contribution is -2.39. The summed E-state index contributed by atoms with van der Waals surface area (Å²) in [6.45, 7) is 3.31. The van der Waals surface area contributed by atoms with E-state index in [4.69, 9.17) is 0 Å². The summed E-state index contributed by atoms with van der Waals surface area (Å²) in [7, 11) is 2.05. The minimum absolute atomic E-state index is 0.0467. The van der Waals surface area contributed by atoms with Crippen LogP contribution in [0.25, 0.3) is 22.3 Å². The molecule has 1 fully saturated rings. The van der Waals surface area contributed by atoms with Gasteiger partial charge >= 0.3 is 6.61 Å². The van der Waals surface area contributed by atoms with Gasteiger partial charge in [0.15, 0.2) is 6.29 Å². The molecule has 9 heteroatoms. The van der Waals surface area contributed by atoms with Crippen molar-refractivity contribution < 1.29 is 18.3 Å². The Hall–Kier alpha value is -2.52. The Balaban J connectivity index is 0.000000305. The number of aromatic nitrogens is 3. The first-order chi connectivity index (χ1) is 15.3. The first kappa shape index (κ1) is 24.1. The van der Waals surface area contributed by atoms with E-state index in [1.807, 2.05) is 32.7 Å². The number of thioether (sulfide) groups is 1. The van der Waals surface area contributed by atoms with E-state index in [9.17, 15) is 13.6 Å². The molecular formula is C23H28F2N4O2S. The number of carbonyl (C=O) groups is 1. The molecule has 1 unspecified atom stereocenters. The van der Waals surface area contributed by atoms with Gasteiger partial charge in [0.1, 0.15) is 17.0 Å². The molecule has 1 saturated heterocycles. The first-order valence-electron chi connectivity index (χ1n) is 10.4. The highest BCUT2D eigenvalue weighted by Gasteiger charge is 2.26. The van der Waals surface area contributed by atoms with Gasteiger partial charge in [-0.05, 0) is 58.2 Å². The highest BCUT2D eigenvalue weighted by atomic mass is 32.2. The second-order valence-corrected chi connectivity index (χ2v) is 9.27. The number of hydrogen-bond acceptors (Lipinski definition) is 6. The molecule has 0 bridgehead atoms. The molecule has 1 N–H and O–H groups in total. The van der Waals surface area contributed by atoms with Gasteiger partial charge in [-0.3, -0.25) is 14.5 Å². The van der Waals surface area contributed by atoms with E-state index in [1.165, 1.54) is 36.3 Å². The zero-order chi connectivity index (χ0) is 23.3. The summed E-state index contributed by atoms with van der Waals surface area (Å²) < 4.78 is 31.0. The van der Waals surface area contributed by atoms with Gasteiger partial charge in [-0.1, -0.05) is 12.1 Å². The Labute approximate surface area is 190 Å². The SMILES string of the molecule is CC(C)n1nc(-c2cccc(OC(F)F)c2)c2ncc(C=O)cc21.CNC1(C)CCSC1. The van der Waals surface area contributed by atoms with E-state index < -0.39 is 6.61 Å². The van der Waals surface area contributed by atoms with E-state index in [1.54, 1.807) is 22.9 Å². The third kappa shape index (κ3) is 5.63. The molecule has 3 heterocycles. The number of benzene rings is 1. The minimum atomic E-state index is -2.89. The van der Waals surface area contributed by atoms with Crippen LogP contribution in [0.1, 0.15) is 43.6 Å². The number of hydrogen-bond donors (Lipinski definition) is 1. The topological polar surface area (TPSA) is 69.0 Å². The lowest BCUT2D eigenvalue weighted by atomic mass is 10.0. The minimum Gasteiger partial charge on any atom is -0.435 e. The number of alkyl halides is 2. The summed E-state index contributed by atoms with van der Waals surface area (Å²) >= 11 is 2.04. The van der Waals surface area contributed by atoms with Gasteiger partial charge in [0.05, 0.1) is 5.52 Å². The average molecular weight is 463 g/mol. The number of nitrogens with zero attached hydrogens (tertiary/aromatic N) is 3. The highest BCUT2D eigenvalue weighted by molar-refractivity contribution is 7.99. The zero-order valence-electron chi connectivity index (χ0n) is 18.6. The molecule has 0 saturated carbocycles. The largest absolute Gasteiger partial charge is 0.435 e. The molecule has 2 aromatic heterocycles. The number of carbonyl (C=O) groups excluding carboxylic acids is 1. The third-order valence-electron chi connectivity index (χ3n) is 5.35. The standard InChI is InChI=1S/C17H15F2N3O2.C6H13NS/c1-10(2)22-14-6-11(9-23)8-20-16(14)15(21-22)12-4-3-5-13(7-12)24-17(18)19;1-6(7-2)3-4-8-5-6/h3-10,17H,1-2H3;7H,3-5H2,1-2H3. The molecule has 1 aliphatic heterocycles. The Morgan fingerprint density at radius 3 is 2.66 bits per heavy atom. The van der Waals surface area contributed by atoms with Crippen molar-refractivity contribution >= 4 is 29.1 Å².